The maximum atomic E-state index is 13.2. The van der Waals surface area contributed by atoms with Crippen molar-refractivity contribution in [1.29, 1.82) is 0 Å². The Labute approximate surface area is 194 Å². The zero-order valence-electron chi connectivity index (χ0n) is 18.6. The number of thiophene rings is 1. The molecule has 0 saturated heterocycles. The highest BCUT2D eigenvalue weighted by molar-refractivity contribution is 7.22. The molecular weight excluding hydrogens is 438 g/mol. The van der Waals surface area contributed by atoms with Gasteiger partial charge in [0.15, 0.2) is 0 Å². The molecule has 3 heterocycles. The molecule has 1 aliphatic carbocycles. The van der Waals surface area contributed by atoms with Gasteiger partial charge in [0.1, 0.15) is 11.4 Å². The SMILES string of the molecule is Cc1ccccc1-c1noc(-c2sc3ncn(CC(=O)NC4CCCCC4)c(=O)c3c2C)n1. The lowest BCUT2D eigenvalue weighted by atomic mass is 9.95. The number of nitrogens with one attached hydrogen (secondary N) is 1. The van der Waals surface area contributed by atoms with Crippen molar-refractivity contribution in [2.24, 2.45) is 0 Å². The van der Waals surface area contributed by atoms with Crippen LogP contribution in [0.15, 0.2) is 39.9 Å². The molecule has 4 aromatic rings. The average molecular weight is 464 g/mol. The van der Waals surface area contributed by atoms with E-state index in [9.17, 15) is 9.59 Å². The predicted octanol–water partition coefficient (Wildman–Crippen LogP) is 4.24. The van der Waals surface area contributed by atoms with Crippen molar-refractivity contribution in [2.75, 3.05) is 0 Å². The monoisotopic (exact) mass is 463 g/mol. The fourth-order valence-electron chi connectivity index (χ4n) is 4.40. The maximum Gasteiger partial charge on any atom is 0.268 e. The van der Waals surface area contributed by atoms with Gasteiger partial charge in [0.25, 0.3) is 11.4 Å². The van der Waals surface area contributed by atoms with Gasteiger partial charge in [-0.15, -0.1) is 11.3 Å². The zero-order chi connectivity index (χ0) is 22.9. The van der Waals surface area contributed by atoms with Gasteiger partial charge in [-0.2, -0.15) is 4.98 Å². The van der Waals surface area contributed by atoms with Gasteiger partial charge in [-0.05, 0) is 37.8 Å². The topological polar surface area (TPSA) is 103 Å². The first kappa shape index (κ1) is 21.5. The molecule has 9 heteroatoms. The molecule has 0 atom stereocenters. The summed E-state index contributed by atoms with van der Waals surface area (Å²) >= 11 is 1.34. The average Bonchev–Trinajstić information content (AvgIpc) is 3.42. The third-order valence-electron chi connectivity index (χ3n) is 6.21. The molecule has 3 aromatic heterocycles. The number of rotatable bonds is 5. The number of nitrogens with zero attached hydrogens (tertiary/aromatic N) is 4. The van der Waals surface area contributed by atoms with Crippen LogP contribution in [-0.2, 0) is 11.3 Å². The van der Waals surface area contributed by atoms with Gasteiger partial charge in [0.2, 0.25) is 11.7 Å². The molecule has 170 valence electrons. The quantitative estimate of drug-likeness (QED) is 0.475. The van der Waals surface area contributed by atoms with E-state index < -0.39 is 0 Å². The van der Waals surface area contributed by atoms with Crippen molar-refractivity contribution in [3.05, 3.63) is 52.1 Å². The van der Waals surface area contributed by atoms with Gasteiger partial charge < -0.3 is 9.84 Å². The lowest BCUT2D eigenvalue weighted by Gasteiger charge is -2.22. The van der Waals surface area contributed by atoms with E-state index in [1.807, 2.05) is 38.1 Å². The second-order valence-electron chi connectivity index (χ2n) is 8.55. The Morgan fingerprint density at radius 3 is 2.79 bits per heavy atom. The summed E-state index contributed by atoms with van der Waals surface area (Å²) in [6.07, 6.45) is 6.93. The van der Waals surface area contributed by atoms with Gasteiger partial charge in [-0.1, -0.05) is 48.7 Å². The summed E-state index contributed by atoms with van der Waals surface area (Å²) in [6, 6.07) is 8.03. The molecule has 33 heavy (non-hydrogen) atoms. The van der Waals surface area contributed by atoms with Crippen LogP contribution in [0.2, 0.25) is 0 Å². The molecule has 5 rings (SSSR count). The van der Waals surface area contributed by atoms with Crippen molar-refractivity contribution in [3.8, 4) is 22.2 Å². The van der Waals surface area contributed by atoms with E-state index in [4.69, 9.17) is 4.52 Å². The number of carbonyl (C=O) groups is 1. The van der Waals surface area contributed by atoms with Crippen LogP contribution in [-0.4, -0.2) is 31.6 Å². The molecule has 1 aliphatic rings. The van der Waals surface area contributed by atoms with Crippen molar-refractivity contribution >= 4 is 27.5 Å². The molecule has 1 aromatic carbocycles. The number of amides is 1. The molecule has 1 fully saturated rings. The summed E-state index contributed by atoms with van der Waals surface area (Å²) in [5.41, 5.74) is 2.44. The van der Waals surface area contributed by atoms with Crippen LogP contribution in [0, 0.1) is 13.8 Å². The molecule has 0 unspecified atom stereocenters. The van der Waals surface area contributed by atoms with E-state index in [1.54, 1.807) is 0 Å². The van der Waals surface area contributed by atoms with Crippen LogP contribution in [0.1, 0.15) is 43.2 Å². The minimum Gasteiger partial charge on any atom is -0.352 e. The van der Waals surface area contributed by atoms with E-state index in [0.29, 0.717) is 26.8 Å². The number of hydrogen-bond donors (Lipinski definition) is 1. The Morgan fingerprint density at radius 1 is 1.21 bits per heavy atom. The van der Waals surface area contributed by atoms with Crippen molar-refractivity contribution in [2.45, 2.75) is 58.5 Å². The van der Waals surface area contributed by atoms with Crippen molar-refractivity contribution < 1.29 is 9.32 Å². The molecule has 1 amide bonds. The third kappa shape index (κ3) is 4.20. The molecule has 0 aliphatic heterocycles. The first-order valence-electron chi connectivity index (χ1n) is 11.2. The first-order chi connectivity index (χ1) is 16.0. The third-order valence-corrected chi connectivity index (χ3v) is 7.40. The van der Waals surface area contributed by atoms with Gasteiger partial charge >= 0.3 is 0 Å². The van der Waals surface area contributed by atoms with Crippen molar-refractivity contribution in [1.82, 2.24) is 25.0 Å². The summed E-state index contributed by atoms with van der Waals surface area (Å²) in [4.78, 5) is 36.0. The van der Waals surface area contributed by atoms with Crippen LogP contribution >= 0.6 is 11.3 Å². The summed E-state index contributed by atoms with van der Waals surface area (Å²) < 4.78 is 6.91. The Morgan fingerprint density at radius 2 is 2.00 bits per heavy atom. The van der Waals surface area contributed by atoms with E-state index >= 15 is 0 Å². The van der Waals surface area contributed by atoms with Crippen LogP contribution in [0.5, 0.6) is 0 Å². The number of carbonyl (C=O) groups excluding carboxylic acids is 1. The second kappa shape index (κ2) is 8.90. The minimum absolute atomic E-state index is 0.0408. The smallest absolute Gasteiger partial charge is 0.268 e. The van der Waals surface area contributed by atoms with Gasteiger partial charge in [0.05, 0.1) is 16.6 Å². The van der Waals surface area contributed by atoms with E-state index in [1.165, 1.54) is 28.7 Å². The summed E-state index contributed by atoms with van der Waals surface area (Å²) in [5, 5.41) is 7.67. The Hall–Kier alpha value is -3.33. The number of fused-ring (bicyclic) bond motifs is 1. The van der Waals surface area contributed by atoms with Gasteiger partial charge in [-0.3, -0.25) is 14.2 Å². The second-order valence-corrected chi connectivity index (χ2v) is 9.55. The molecule has 0 spiro atoms. The highest BCUT2D eigenvalue weighted by atomic mass is 32.1. The van der Waals surface area contributed by atoms with Gasteiger partial charge in [-0.25, -0.2) is 4.98 Å². The molecule has 8 nitrogen and oxygen atoms in total. The fourth-order valence-corrected chi connectivity index (χ4v) is 5.46. The van der Waals surface area contributed by atoms with Crippen LogP contribution < -0.4 is 10.9 Å². The Balaban J connectivity index is 1.43. The Bertz CT molecular complexity index is 1380. The highest BCUT2D eigenvalue weighted by Gasteiger charge is 2.22. The van der Waals surface area contributed by atoms with Crippen LogP contribution in [0.4, 0.5) is 0 Å². The van der Waals surface area contributed by atoms with E-state index in [-0.39, 0.29) is 24.1 Å². The molecular formula is C24H25N5O3S. The lowest BCUT2D eigenvalue weighted by Crippen LogP contribution is -2.39. The predicted molar refractivity (Wildman–Crippen MR) is 127 cm³/mol. The molecule has 1 N–H and O–H groups in total. The highest BCUT2D eigenvalue weighted by Crippen LogP contribution is 2.35. The zero-order valence-corrected chi connectivity index (χ0v) is 19.4. The standard InChI is InChI=1S/C24H25N5O3S/c1-14-8-6-7-11-17(14)21-27-22(32-28-21)20-15(2)19-23(33-20)25-13-29(24(19)31)12-18(30)26-16-9-4-3-5-10-16/h6-8,11,13,16H,3-5,9-10,12H2,1-2H3,(H,26,30). The first-order valence-corrected chi connectivity index (χ1v) is 12.0. The number of hydrogen-bond acceptors (Lipinski definition) is 7. The molecule has 0 bridgehead atoms. The van der Waals surface area contributed by atoms with Gasteiger partial charge in [0, 0.05) is 11.6 Å². The normalized spacial score (nSPS) is 14.6. The summed E-state index contributed by atoms with van der Waals surface area (Å²) in [6.45, 7) is 3.80. The fraction of sp³-hybridized carbons (Fsp3) is 0.375. The number of benzene rings is 1. The van der Waals surface area contributed by atoms with Crippen LogP contribution in [0.3, 0.4) is 0 Å². The maximum absolute atomic E-state index is 13.2. The minimum atomic E-state index is -0.238. The summed E-state index contributed by atoms with van der Waals surface area (Å²) in [5.74, 6) is 0.706. The lowest BCUT2D eigenvalue weighted by molar-refractivity contribution is -0.122. The molecule has 1 saturated carbocycles. The van der Waals surface area contributed by atoms with Crippen molar-refractivity contribution in [3.63, 3.8) is 0 Å². The molecule has 0 radical (unpaired) electrons. The summed E-state index contributed by atoms with van der Waals surface area (Å²) in [7, 11) is 0. The largest absolute Gasteiger partial charge is 0.352 e. The van der Waals surface area contributed by atoms with E-state index in [2.05, 4.69) is 20.4 Å². The van der Waals surface area contributed by atoms with Crippen LogP contribution in [0.25, 0.3) is 32.4 Å². The van der Waals surface area contributed by atoms with E-state index in [0.717, 1.165) is 42.4 Å². The Kier molecular flexibility index (Phi) is 5.80. The number of aryl methyl sites for hydroxylation is 2. The number of aromatic nitrogens is 4.